The first-order chi connectivity index (χ1) is 13.2. The lowest BCUT2D eigenvalue weighted by Gasteiger charge is -2.22. The Labute approximate surface area is 160 Å². The van der Waals surface area contributed by atoms with Gasteiger partial charge in [-0.3, -0.25) is 9.59 Å². The fourth-order valence-corrected chi connectivity index (χ4v) is 3.32. The summed E-state index contributed by atoms with van der Waals surface area (Å²) in [5.74, 6) is 0.403. The fourth-order valence-electron chi connectivity index (χ4n) is 3.32. The zero-order chi connectivity index (χ0) is 19.1. The third-order valence-electron chi connectivity index (χ3n) is 4.75. The second kappa shape index (κ2) is 9.21. The van der Waals surface area contributed by atoms with Gasteiger partial charge in [-0.25, -0.2) is 0 Å². The van der Waals surface area contributed by atoms with Crippen LogP contribution in [0.15, 0.2) is 48.5 Å². The summed E-state index contributed by atoms with van der Waals surface area (Å²) in [6.45, 7) is 2.45. The van der Waals surface area contributed by atoms with Crippen LogP contribution in [0.25, 0.3) is 0 Å². The number of anilines is 1. The zero-order valence-corrected chi connectivity index (χ0v) is 15.7. The molecule has 0 aliphatic heterocycles. The fraction of sp³-hybridized carbons (Fsp3) is 0.364. The molecule has 3 rings (SSSR count). The maximum absolute atomic E-state index is 12.4. The van der Waals surface area contributed by atoms with E-state index in [9.17, 15) is 9.59 Å². The molecule has 0 bridgehead atoms. The Balaban J connectivity index is 1.59. The highest BCUT2D eigenvalue weighted by Gasteiger charge is 2.16. The first-order valence-corrected chi connectivity index (χ1v) is 9.61. The minimum absolute atomic E-state index is 0.0517. The SMILES string of the molecule is CCOc1cccc(C(=O)Nc2ccc(C(=O)NC3CCCCC3)cc2)c1. The number of carbonyl (C=O) groups excluding carboxylic acids is 2. The van der Waals surface area contributed by atoms with E-state index < -0.39 is 0 Å². The number of ether oxygens (including phenoxy) is 1. The van der Waals surface area contributed by atoms with Crippen molar-refractivity contribution in [2.75, 3.05) is 11.9 Å². The molecule has 0 saturated heterocycles. The van der Waals surface area contributed by atoms with E-state index in [1.165, 1.54) is 19.3 Å². The average Bonchev–Trinajstić information content (AvgIpc) is 2.70. The predicted octanol–water partition coefficient (Wildman–Crippen LogP) is 4.40. The van der Waals surface area contributed by atoms with Crippen LogP contribution in [0.4, 0.5) is 5.69 Å². The smallest absolute Gasteiger partial charge is 0.255 e. The molecule has 0 radical (unpaired) electrons. The lowest BCUT2D eigenvalue weighted by atomic mass is 9.95. The van der Waals surface area contributed by atoms with E-state index in [0.717, 1.165) is 12.8 Å². The van der Waals surface area contributed by atoms with Gasteiger partial charge in [-0.2, -0.15) is 0 Å². The monoisotopic (exact) mass is 366 g/mol. The Hall–Kier alpha value is -2.82. The maximum atomic E-state index is 12.4. The molecule has 2 N–H and O–H groups in total. The first kappa shape index (κ1) is 19.0. The molecule has 0 spiro atoms. The molecule has 0 aromatic heterocycles. The van der Waals surface area contributed by atoms with E-state index in [1.54, 1.807) is 42.5 Å². The van der Waals surface area contributed by atoms with Gasteiger partial charge in [0, 0.05) is 22.9 Å². The average molecular weight is 366 g/mol. The molecule has 5 heteroatoms. The number of benzene rings is 2. The van der Waals surface area contributed by atoms with E-state index in [2.05, 4.69) is 10.6 Å². The molecule has 5 nitrogen and oxygen atoms in total. The zero-order valence-electron chi connectivity index (χ0n) is 15.7. The van der Waals surface area contributed by atoms with Crippen molar-refractivity contribution in [1.29, 1.82) is 0 Å². The highest BCUT2D eigenvalue weighted by Crippen LogP contribution is 2.19. The summed E-state index contributed by atoms with van der Waals surface area (Å²) in [5.41, 5.74) is 1.79. The van der Waals surface area contributed by atoms with Crippen LogP contribution in [0.5, 0.6) is 5.75 Å². The van der Waals surface area contributed by atoms with Crippen LogP contribution in [0.1, 0.15) is 59.7 Å². The van der Waals surface area contributed by atoms with Gasteiger partial charge in [-0.05, 0) is 62.2 Å². The second-order valence-corrected chi connectivity index (χ2v) is 6.80. The second-order valence-electron chi connectivity index (χ2n) is 6.80. The first-order valence-electron chi connectivity index (χ1n) is 9.61. The summed E-state index contributed by atoms with van der Waals surface area (Å²) >= 11 is 0. The van der Waals surface area contributed by atoms with Crippen molar-refractivity contribution in [3.05, 3.63) is 59.7 Å². The number of hydrogen-bond acceptors (Lipinski definition) is 3. The molecule has 0 heterocycles. The summed E-state index contributed by atoms with van der Waals surface area (Å²) < 4.78 is 5.43. The van der Waals surface area contributed by atoms with E-state index in [1.807, 2.05) is 13.0 Å². The molecule has 1 fully saturated rings. The summed E-state index contributed by atoms with van der Waals surface area (Å²) in [5, 5.41) is 5.95. The van der Waals surface area contributed by atoms with Gasteiger partial charge in [0.25, 0.3) is 11.8 Å². The normalized spacial score (nSPS) is 14.4. The van der Waals surface area contributed by atoms with Crippen LogP contribution in [0.2, 0.25) is 0 Å². The van der Waals surface area contributed by atoms with Crippen LogP contribution >= 0.6 is 0 Å². The molecular weight excluding hydrogens is 340 g/mol. The van der Waals surface area contributed by atoms with Gasteiger partial charge in [0.1, 0.15) is 5.75 Å². The van der Waals surface area contributed by atoms with Crippen molar-refractivity contribution in [3.63, 3.8) is 0 Å². The van der Waals surface area contributed by atoms with E-state index in [0.29, 0.717) is 29.2 Å². The molecule has 1 aliphatic rings. The Morgan fingerprint density at radius 1 is 0.963 bits per heavy atom. The van der Waals surface area contributed by atoms with Crippen molar-refractivity contribution >= 4 is 17.5 Å². The van der Waals surface area contributed by atoms with E-state index >= 15 is 0 Å². The molecule has 0 atom stereocenters. The molecule has 27 heavy (non-hydrogen) atoms. The Morgan fingerprint density at radius 2 is 1.70 bits per heavy atom. The van der Waals surface area contributed by atoms with Crippen molar-refractivity contribution in [3.8, 4) is 5.75 Å². The van der Waals surface area contributed by atoms with Crippen molar-refractivity contribution in [2.24, 2.45) is 0 Å². The molecule has 1 saturated carbocycles. The van der Waals surface area contributed by atoms with Gasteiger partial charge in [-0.15, -0.1) is 0 Å². The minimum Gasteiger partial charge on any atom is -0.494 e. The van der Waals surface area contributed by atoms with Crippen LogP contribution in [0.3, 0.4) is 0 Å². The van der Waals surface area contributed by atoms with Crippen LogP contribution in [-0.2, 0) is 0 Å². The Bertz CT molecular complexity index is 780. The van der Waals surface area contributed by atoms with Crippen molar-refractivity contribution < 1.29 is 14.3 Å². The van der Waals surface area contributed by atoms with Gasteiger partial charge in [0.2, 0.25) is 0 Å². The lowest BCUT2D eigenvalue weighted by Crippen LogP contribution is -2.36. The highest BCUT2D eigenvalue weighted by molar-refractivity contribution is 6.04. The molecule has 142 valence electrons. The van der Waals surface area contributed by atoms with Crippen LogP contribution in [-0.4, -0.2) is 24.5 Å². The maximum Gasteiger partial charge on any atom is 0.255 e. The summed E-state index contributed by atoms with van der Waals surface area (Å²) in [4.78, 5) is 24.8. The largest absolute Gasteiger partial charge is 0.494 e. The summed E-state index contributed by atoms with van der Waals surface area (Å²) in [6, 6.07) is 14.3. The van der Waals surface area contributed by atoms with Crippen molar-refractivity contribution in [1.82, 2.24) is 5.32 Å². The number of hydrogen-bond donors (Lipinski definition) is 2. The Kier molecular flexibility index (Phi) is 6.47. The van der Waals surface area contributed by atoms with Gasteiger partial charge in [-0.1, -0.05) is 25.3 Å². The number of carbonyl (C=O) groups is 2. The third-order valence-corrected chi connectivity index (χ3v) is 4.75. The molecule has 1 aliphatic carbocycles. The highest BCUT2D eigenvalue weighted by atomic mass is 16.5. The third kappa shape index (κ3) is 5.33. The van der Waals surface area contributed by atoms with E-state index in [4.69, 9.17) is 4.74 Å². The summed E-state index contributed by atoms with van der Waals surface area (Å²) in [6.07, 6.45) is 5.73. The molecule has 2 aromatic rings. The minimum atomic E-state index is -0.212. The predicted molar refractivity (Wildman–Crippen MR) is 106 cm³/mol. The van der Waals surface area contributed by atoms with Gasteiger partial charge in [0.15, 0.2) is 0 Å². The molecular formula is C22H26N2O3. The van der Waals surface area contributed by atoms with Crippen molar-refractivity contribution in [2.45, 2.75) is 45.1 Å². The molecule has 2 amide bonds. The summed E-state index contributed by atoms with van der Waals surface area (Å²) in [7, 11) is 0. The van der Waals surface area contributed by atoms with Gasteiger partial charge in [0.05, 0.1) is 6.61 Å². The molecule has 0 unspecified atom stereocenters. The quantitative estimate of drug-likeness (QED) is 0.796. The van der Waals surface area contributed by atoms with Crippen LogP contribution < -0.4 is 15.4 Å². The topological polar surface area (TPSA) is 67.4 Å². The number of nitrogens with one attached hydrogen (secondary N) is 2. The number of amides is 2. The standard InChI is InChI=1S/C22H26N2O3/c1-2-27-20-10-6-7-17(15-20)22(26)24-19-13-11-16(12-14-19)21(25)23-18-8-4-3-5-9-18/h6-7,10-15,18H,2-5,8-9H2,1H3,(H,23,25)(H,24,26). The van der Waals surface area contributed by atoms with Crippen LogP contribution in [0, 0.1) is 0 Å². The Morgan fingerprint density at radius 3 is 2.41 bits per heavy atom. The van der Waals surface area contributed by atoms with Gasteiger partial charge < -0.3 is 15.4 Å². The lowest BCUT2D eigenvalue weighted by molar-refractivity contribution is 0.0927. The van der Waals surface area contributed by atoms with Gasteiger partial charge >= 0.3 is 0 Å². The molecule has 2 aromatic carbocycles. The number of rotatable bonds is 6. The van der Waals surface area contributed by atoms with E-state index in [-0.39, 0.29) is 17.9 Å².